The third-order valence-electron chi connectivity index (χ3n) is 4.68. The Labute approximate surface area is 162 Å². The number of ether oxygens (including phenoxy) is 1. The van der Waals surface area contributed by atoms with Gasteiger partial charge < -0.3 is 9.84 Å². The fraction of sp³-hybridized carbons (Fsp3) is 0.0870. The van der Waals surface area contributed by atoms with Crippen molar-refractivity contribution in [1.82, 2.24) is 0 Å². The first-order valence-corrected chi connectivity index (χ1v) is 9.00. The minimum Gasteiger partial charge on any atom is -0.421 e. The fourth-order valence-electron chi connectivity index (χ4n) is 3.35. The monoisotopic (exact) mass is 376 g/mol. The second-order valence-electron chi connectivity index (χ2n) is 6.42. The van der Waals surface area contributed by atoms with E-state index in [0.29, 0.717) is 28.2 Å². The Balaban J connectivity index is 1.90. The second kappa shape index (κ2) is 7.03. The normalized spacial score (nSPS) is 19.3. The van der Waals surface area contributed by atoms with Crippen molar-refractivity contribution >= 4 is 23.1 Å². The van der Waals surface area contributed by atoms with Crippen LogP contribution in [0, 0.1) is 0 Å². The summed E-state index contributed by atoms with van der Waals surface area (Å²) >= 11 is 5.98. The molecule has 27 heavy (non-hydrogen) atoms. The van der Waals surface area contributed by atoms with Crippen LogP contribution in [0.15, 0.2) is 90.5 Å². The predicted molar refractivity (Wildman–Crippen MR) is 105 cm³/mol. The molecule has 0 radical (unpaired) electrons. The lowest BCUT2D eigenvalue weighted by molar-refractivity contribution is -0.185. The number of benzene rings is 3. The first-order valence-electron chi connectivity index (χ1n) is 8.62. The molecule has 3 nitrogen and oxygen atoms in total. The molecule has 0 saturated carbocycles. The Kier molecular flexibility index (Phi) is 4.56. The van der Waals surface area contributed by atoms with Crippen LogP contribution in [0.25, 0.3) is 5.57 Å². The molecule has 1 N–H and O–H groups in total. The zero-order chi connectivity index (χ0) is 18.9. The lowest BCUT2D eigenvalue weighted by atomic mass is 9.88. The van der Waals surface area contributed by atoms with E-state index in [4.69, 9.17) is 16.3 Å². The highest BCUT2D eigenvalue weighted by Gasteiger charge is 2.47. The highest BCUT2D eigenvalue weighted by Crippen LogP contribution is 2.44. The molecular formula is C23H17ClO3. The van der Waals surface area contributed by atoms with Crippen LogP contribution in [0.4, 0.5) is 0 Å². The van der Waals surface area contributed by atoms with Gasteiger partial charge in [0, 0.05) is 22.6 Å². The Hall–Kier alpha value is -2.88. The van der Waals surface area contributed by atoms with E-state index in [1.807, 2.05) is 60.7 Å². The third kappa shape index (κ3) is 3.27. The number of hydrogen-bond donors (Lipinski definition) is 1. The van der Waals surface area contributed by atoms with Gasteiger partial charge in [-0.1, -0.05) is 84.4 Å². The first-order chi connectivity index (χ1) is 13.1. The minimum absolute atomic E-state index is 0.385. The van der Waals surface area contributed by atoms with Crippen molar-refractivity contribution in [2.75, 3.05) is 0 Å². The van der Waals surface area contributed by atoms with Gasteiger partial charge in [0.05, 0.1) is 5.57 Å². The van der Waals surface area contributed by atoms with Gasteiger partial charge in [-0.05, 0) is 23.3 Å². The average Bonchev–Trinajstić information content (AvgIpc) is 2.94. The third-order valence-corrected chi connectivity index (χ3v) is 4.93. The van der Waals surface area contributed by atoms with Crippen LogP contribution in [0.1, 0.15) is 16.7 Å². The molecule has 4 heteroatoms. The van der Waals surface area contributed by atoms with Crippen molar-refractivity contribution in [3.63, 3.8) is 0 Å². The Morgan fingerprint density at radius 2 is 1.44 bits per heavy atom. The molecule has 0 spiro atoms. The Morgan fingerprint density at radius 1 is 0.852 bits per heavy atom. The van der Waals surface area contributed by atoms with Gasteiger partial charge in [0.2, 0.25) is 0 Å². The molecule has 0 aromatic heterocycles. The maximum atomic E-state index is 12.8. The van der Waals surface area contributed by atoms with Gasteiger partial charge in [-0.25, -0.2) is 4.79 Å². The van der Waals surface area contributed by atoms with E-state index in [9.17, 15) is 9.90 Å². The summed E-state index contributed by atoms with van der Waals surface area (Å²) in [6.07, 6.45) is 0.385. The highest BCUT2D eigenvalue weighted by molar-refractivity contribution is 6.30. The van der Waals surface area contributed by atoms with E-state index in [1.54, 1.807) is 24.3 Å². The van der Waals surface area contributed by atoms with E-state index in [-0.39, 0.29) is 0 Å². The summed E-state index contributed by atoms with van der Waals surface area (Å²) in [4.78, 5) is 12.8. The molecule has 3 aromatic rings. The van der Waals surface area contributed by atoms with Gasteiger partial charge in [-0.15, -0.1) is 0 Å². The largest absolute Gasteiger partial charge is 0.421 e. The van der Waals surface area contributed by atoms with Gasteiger partial charge in [0.25, 0.3) is 5.79 Å². The van der Waals surface area contributed by atoms with Crippen LogP contribution >= 0.6 is 11.6 Å². The van der Waals surface area contributed by atoms with E-state index in [0.717, 1.165) is 11.1 Å². The molecular weight excluding hydrogens is 360 g/mol. The molecule has 1 atom stereocenters. The van der Waals surface area contributed by atoms with E-state index in [2.05, 4.69) is 0 Å². The van der Waals surface area contributed by atoms with E-state index in [1.165, 1.54) is 0 Å². The quantitative estimate of drug-likeness (QED) is 0.669. The van der Waals surface area contributed by atoms with Crippen LogP contribution < -0.4 is 0 Å². The molecule has 1 unspecified atom stereocenters. The summed E-state index contributed by atoms with van der Waals surface area (Å²) in [7, 11) is 0. The number of hydrogen-bond acceptors (Lipinski definition) is 3. The minimum atomic E-state index is -1.83. The maximum absolute atomic E-state index is 12.8. The molecule has 0 bridgehead atoms. The molecule has 1 aliphatic rings. The zero-order valence-corrected chi connectivity index (χ0v) is 15.2. The molecule has 0 aliphatic carbocycles. The second-order valence-corrected chi connectivity index (χ2v) is 6.86. The number of halogens is 1. The molecule has 0 amide bonds. The molecule has 3 aromatic carbocycles. The number of carbonyl (C=O) groups excluding carboxylic acids is 1. The lowest BCUT2D eigenvalue weighted by Crippen LogP contribution is -2.29. The van der Waals surface area contributed by atoms with Crippen molar-refractivity contribution in [3.05, 3.63) is 112 Å². The van der Waals surface area contributed by atoms with Crippen LogP contribution in [-0.2, 0) is 21.7 Å². The zero-order valence-electron chi connectivity index (χ0n) is 14.4. The molecule has 1 heterocycles. The van der Waals surface area contributed by atoms with Crippen molar-refractivity contribution in [1.29, 1.82) is 0 Å². The average molecular weight is 377 g/mol. The first kappa shape index (κ1) is 17.5. The van der Waals surface area contributed by atoms with Crippen LogP contribution in [0.3, 0.4) is 0 Å². The van der Waals surface area contributed by atoms with Gasteiger partial charge in [-0.3, -0.25) is 0 Å². The lowest BCUT2D eigenvalue weighted by Gasteiger charge is -2.25. The van der Waals surface area contributed by atoms with Crippen molar-refractivity contribution in [2.45, 2.75) is 12.2 Å². The van der Waals surface area contributed by atoms with Crippen molar-refractivity contribution in [2.24, 2.45) is 0 Å². The molecule has 0 fully saturated rings. The number of aliphatic hydroxyl groups is 1. The van der Waals surface area contributed by atoms with Crippen molar-refractivity contribution in [3.8, 4) is 0 Å². The summed E-state index contributed by atoms with van der Waals surface area (Å²) in [5, 5.41) is 12.0. The molecule has 1 aliphatic heterocycles. The van der Waals surface area contributed by atoms with Crippen LogP contribution in [-0.4, -0.2) is 11.1 Å². The summed E-state index contributed by atoms with van der Waals surface area (Å²) < 4.78 is 5.53. The molecule has 134 valence electrons. The highest BCUT2D eigenvalue weighted by atomic mass is 35.5. The summed E-state index contributed by atoms with van der Waals surface area (Å²) in [6.45, 7) is 0. The predicted octanol–water partition coefficient (Wildman–Crippen LogP) is 4.74. The maximum Gasteiger partial charge on any atom is 0.341 e. The Morgan fingerprint density at radius 3 is 2.07 bits per heavy atom. The number of carbonyl (C=O) groups is 1. The van der Waals surface area contributed by atoms with Crippen LogP contribution in [0.2, 0.25) is 5.02 Å². The van der Waals surface area contributed by atoms with Crippen LogP contribution in [0.5, 0.6) is 0 Å². The SMILES string of the molecule is O=C1OC(O)(c2ccc(Cl)cc2)C(Cc2ccccc2)=C1c1ccccc1. The number of cyclic esters (lactones) is 1. The van der Waals surface area contributed by atoms with Gasteiger partial charge in [0.1, 0.15) is 0 Å². The molecule has 0 saturated heterocycles. The molecule has 4 rings (SSSR count). The van der Waals surface area contributed by atoms with Gasteiger partial charge >= 0.3 is 5.97 Å². The topological polar surface area (TPSA) is 46.5 Å². The number of rotatable bonds is 4. The van der Waals surface area contributed by atoms with Gasteiger partial charge in [0.15, 0.2) is 0 Å². The van der Waals surface area contributed by atoms with Gasteiger partial charge in [-0.2, -0.15) is 0 Å². The van der Waals surface area contributed by atoms with E-state index >= 15 is 0 Å². The summed E-state index contributed by atoms with van der Waals surface area (Å²) in [5.74, 6) is -2.37. The summed E-state index contributed by atoms with van der Waals surface area (Å²) in [6, 6.07) is 25.7. The summed E-state index contributed by atoms with van der Waals surface area (Å²) in [5.41, 5.74) is 3.09. The standard InChI is InChI=1S/C23H17ClO3/c24-19-13-11-18(12-14-19)23(26)20(15-16-7-3-1-4-8-16)21(22(25)27-23)17-9-5-2-6-10-17/h1-14,26H,15H2. The number of esters is 1. The van der Waals surface area contributed by atoms with Crippen molar-refractivity contribution < 1.29 is 14.6 Å². The smallest absolute Gasteiger partial charge is 0.341 e. The Bertz CT molecular complexity index is 995. The fourth-order valence-corrected chi connectivity index (χ4v) is 3.48. The van der Waals surface area contributed by atoms with E-state index < -0.39 is 11.8 Å².